The van der Waals surface area contributed by atoms with Gasteiger partial charge in [-0.1, -0.05) is 146 Å². The molecule has 0 radical (unpaired) electrons. The second-order valence-corrected chi connectivity index (χ2v) is 14.4. The summed E-state index contributed by atoms with van der Waals surface area (Å²) in [5, 5.41) is 11.0. The van der Waals surface area contributed by atoms with E-state index in [4.69, 9.17) is 19.4 Å². The molecule has 0 bridgehead atoms. The molecule has 0 saturated carbocycles. The van der Waals surface area contributed by atoms with Crippen molar-refractivity contribution in [2.24, 2.45) is 0 Å². The minimum Gasteiger partial charge on any atom is -0.455 e. The first-order chi connectivity index (χ1) is 27.7. The number of aromatic nitrogens is 4. The summed E-state index contributed by atoms with van der Waals surface area (Å²) in [4.78, 5) is 16.2. The minimum absolute atomic E-state index is 0.553. The van der Waals surface area contributed by atoms with E-state index in [1.165, 1.54) is 5.39 Å². The molecule has 12 aromatic rings. The normalized spacial score (nSPS) is 11.9. The third kappa shape index (κ3) is 4.64. The maximum atomic E-state index is 6.63. The number of benzene rings is 9. The predicted octanol–water partition coefficient (Wildman–Crippen LogP) is 13.3. The van der Waals surface area contributed by atoms with Gasteiger partial charge in [-0.05, 0) is 74.5 Å². The molecule has 0 unspecified atom stereocenters. The van der Waals surface area contributed by atoms with E-state index in [0.717, 1.165) is 92.9 Å². The highest BCUT2D eigenvalue weighted by atomic mass is 16.3. The van der Waals surface area contributed by atoms with E-state index in [1.54, 1.807) is 0 Å². The molecule has 5 nitrogen and oxygen atoms in total. The van der Waals surface area contributed by atoms with Crippen molar-refractivity contribution in [3.8, 4) is 39.9 Å². The van der Waals surface area contributed by atoms with Gasteiger partial charge < -0.3 is 4.42 Å². The van der Waals surface area contributed by atoms with Crippen molar-refractivity contribution >= 4 is 76.1 Å². The summed E-state index contributed by atoms with van der Waals surface area (Å²) in [5.74, 6) is 1.73. The quantitative estimate of drug-likeness (QED) is 0.182. The number of nitrogens with zero attached hydrogens (tertiary/aromatic N) is 4. The topological polar surface area (TPSA) is 56.7 Å². The van der Waals surface area contributed by atoms with Crippen LogP contribution in [0, 0.1) is 0 Å². The van der Waals surface area contributed by atoms with Gasteiger partial charge in [0.15, 0.2) is 11.6 Å². The molecule has 260 valence electrons. The Morgan fingerprint density at radius 2 is 1.07 bits per heavy atom. The molecule has 0 amide bonds. The SMILES string of the molecule is c1ccc(-c2cccc3ccc(-c4nc(-c5cc6ccccc6c6oc7ccccc7c56)nc(-n5c6ccccc6c6cc7ccccc7cc65)n4)cc23)cc1. The van der Waals surface area contributed by atoms with Crippen molar-refractivity contribution in [2.75, 3.05) is 0 Å². The van der Waals surface area contributed by atoms with Crippen LogP contribution in [0.5, 0.6) is 0 Å². The third-order valence-electron chi connectivity index (χ3n) is 11.2. The van der Waals surface area contributed by atoms with E-state index < -0.39 is 0 Å². The lowest BCUT2D eigenvalue weighted by Gasteiger charge is -2.13. The Hall–Kier alpha value is -7.63. The monoisotopic (exact) mass is 714 g/mol. The van der Waals surface area contributed by atoms with Crippen LogP contribution in [0.3, 0.4) is 0 Å². The lowest BCUT2D eigenvalue weighted by Crippen LogP contribution is -2.06. The number of hydrogen-bond donors (Lipinski definition) is 0. The Morgan fingerprint density at radius 3 is 1.95 bits per heavy atom. The van der Waals surface area contributed by atoms with Crippen LogP contribution in [0.2, 0.25) is 0 Å². The molecule has 12 rings (SSSR count). The molecule has 0 fully saturated rings. The Morgan fingerprint density at radius 1 is 0.375 bits per heavy atom. The van der Waals surface area contributed by atoms with E-state index in [2.05, 4.69) is 174 Å². The molecule has 3 heterocycles. The van der Waals surface area contributed by atoms with E-state index in [9.17, 15) is 0 Å². The largest absolute Gasteiger partial charge is 0.455 e. The van der Waals surface area contributed by atoms with E-state index >= 15 is 0 Å². The number of fused-ring (bicyclic) bond motifs is 10. The maximum Gasteiger partial charge on any atom is 0.238 e. The summed E-state index contributed by atoms with van der Waals surface area (Å²) in [6.07, 6.45) is 0. The van der Waals surface area contributed by atoms with Gasteiger partial charge in [0.1, 0.15) is 11.2 Å². The van der Waals surface area contributed by atoms with Crippen LogP contribution in [0.4, 0.5) is 0 Å². The Balaban J connectivity index is 1.20. The first kappa shape index (κ1) is 30.8. The van der Waals surface area contributed by atoms with Gasteiger partial charge >= 0.3 is 0 Å². The Bertz CT molecular complexity index is 3540. The molecule has 5 heteroatoms. The maximum absolute atomic E-state index is 6.63. The van der Waals surface area contributed by atoms with Gasteiger partial charge in [-0.25, -0.2) is 4.98 Å². The van der Waals surface area contributed by atoms with Crippen molar-refractivity contribution in [1.29, 1.82) is 0 Å². The summed E-state index contributed by atoms with van der Waals surface area (Å²) in [6, 6.07) is 63.9. The number of hydrogen-bond acceptors (Lipinski definition) is 4. The summed E-state index contributed by atoms with van der Waals surface area (Å²) >= 11 is 0. The van der Waals surface area contributed by atoms with Gasteiger partial charge in [0.25, 0.3) is 0 Å². The third-order valence-corrected chi connectivity index (χ3v) is 11.2. The molecule has 0 aliphatic rings. The molecular formula is C51H30N4O. The average Bonchev–Trinajstić information content (AvgIpc) is 3.81. The fourth-order valence-corrected chi connectivity index (χ4v) is 8.60. The number of para-hydroxylation sites is 2. The molecule has 0 spiro atoms. The predicted molar refractivity (Wildman–Crippen MR) is 230 cm³/mol. The molecule has 0 atom stereocenters. The zero-order valence-electron chi connectivity index (χ0n) is 30.0. The van der Waals surface area contributed by atoms with E-state index in [0.29, 0.717) is 17.6 Å². The lowest BCUT2D eigenvalue weighted by molar-refractivity contribution is 0.672. The Labute approximate surface area is 320 Å². The lowest BCUT2D eigenvalue weighted by atomic mass is 9.96. The first-order valence-corrected chi connectivity index (χ1v) is 18.9. The van der Waals surface area contributed by atoms with Gasteiger partial charge in [-0.2, -0.15) is 9.97 Å². The number of furan rings is 1. The van der Waals surface area contributed by atoms with Gasteiger partial charge in [-0.3, -0.25) is 4.57 Å². The molecule has 9 aromatic carbocycles. The highest BCUT2D eigenvalue weighted by molar-refractivity contribution is 6.21. The van der Waals surface area contributed by atoms with Gasteiger partial charge in [-0.15, -0.1) is 0 Å². The zero-order chi connectivity index (χ0) is 36.7. The van der Waals surface area contributed by atoms with E-state index in [1.807, 2.05) is 12.1 Å². The molecular weight excluding hydrogens is 685 g/mol. The second kappa shape index (κ2) is 11.9. The van der Waals surface area contributed by atoms with Gasteiger partial charge in [0.05, 0.1) is 11.0 Å². The summed E-state index contributed by atoms with van der Waals surface area (Å²) in [7, 11) is 0. The molecule has 0 N–H and O–H groups in total. The minimum atomic E-state index is 0.553. The molecule has 0 aliphatic heterocycles. The number of rotatable bonds is 4. The van der Waals surface area contributed by atoms with Crippen LogP contribution >= 0.6 is 0 Å². The smallest absolute Gasteiger partial charge is 0.238 e. The molecule has 3 aromatic heterocycles. The Kier molecular flexibility index (Phi) is 6.56. The van der Waals surface area contributed by atoms with Crippen molar-refractivity contribution in [3.63, 3.8) is 0 Å². The highest BCUT2D eigenvalue weighted by Crippen LogP contribution is 2.42. The summed E-state index contributed by atoms with van der Waals surface area (Å²) < 4.78 is 8.83. The van der Waals surface area contributed by atoms with Crippen LogP contribution in [0.25, 0.3) is 116 Å². The standard InChI is InChI=1S/C51H30N4O/c1-2-13-31(14-3-1)37-22-12-18-32-25-26-36(29-41(32)37)49-52-50(43-28-35-17-6-7-19-38(35)48-47(43)40-21-9-11-24-46(40)56-48)54-51(53-49)55-44-23-10-8-20-39(44)42-27-33-15-4-5-16-34(33)30-45(42)55/h1-30H. The van der Waals surface area contributed by atoms with Crippen LogP contribution in [-0.4, -0.2) is 19.5 Å². The van der Waals surface area contributed by atoms with Crippen LogP contribution < -0.4 is 0 Å². The van der Waals surface area contributed by atoms with Crippen molar-refractivity contribution in [2.45, 2.75) is 0 Å². The van der Waals surface area contributed by atoms with Gasteiger partial charge in [0.2, 0.25) is 5.95 Å². The first-order valence-electron chi connectivity index (χ1n) is 18.9. The molecule has 56 heavy (non-hydrogen) atoms. The molecule has 0 aliphatic carbocycles. The van der Waals surface area contributed by atoms with Crippen LogP contribution in [-0.2, 0) is 0 Å². The fraction of sp³-hybridized carbons (Fsp3) is 0. The summed E-state index contributed by atoms with van der Waals surface area (Å²) in [6.45, 7) is 0. The molecule has 0 saturated heterocycles. The fourth-order valence-electron chi connectivity index (χ4n) is 8.60. The average molecular weight is 715 g/mol. The van der Waals surface area contributed by atoms with Crippen LogP contribution in [0.15, 0.2) is 186 Å². The second-order valence-electron chi connectivity index (χ2n) is 14.4. The zero-order valence-corrected chi connectivity index (χ0v) is 30.0. The van der Waals surface area contributed by atoms with Crippen LogP contribution in [0.1, 0.15) is 0 Å². The van der Waals surface area contributed by atoms with Crippen molar-refractivity contribution in [3.05, 3.63) is 182 Å². The highest BCUT2D eigenvalue weighted by Gasteiger charge is 2.22. The van der Waals surface area contributed by atoms with E-state index in [-0.39, 0.29) is 0 Å². The van der Waals surface area contributed by atoms with Gasteiger partial charge in [0, 0.05) is 38.1 Å². The van der Waals surface area contributed by atoms with Crippen molar-refractivity contribution in [1.82, 2.24) is 19.5 Å². The van der Waals surface area contributed by atoms with Crippen molar-refractivity contribution < 1.29 is 4.42 Å². The summed E-state index contributed by atoms with van der Waals surface area (Å²) in [5.41, 5.74) is 7.84.